The van der Waals surface area contributed by atoms with Gasteiger partial charge in [0.2, 0.25) is 0 Å². The van der Waals surface area contributed by atoms with Crippen LogP contribution in [0.4, 0.5) is 15.9 Å². The van der Waals surface area contributed by atoms with Crippen molar-refractivity contribution < 1.29 is 9.18 Å². The number of amides is 1. The van der Waals surface area contributed by atoms with Gasteiger partial charge in [-0.3, -0.25) is 9.48 Å². The number of anilines is 2. The Bertz CT molecular complexity index is 929. The number of nitrogens with zero attached hydrogens (tertiary/aromatic N) is 3. The zero-order chi connectivity index (χ0) is 20.9. The van der Waals surface area contributed by atoms with Crippen molar-refractivity contribution in [1.29, 1.82) is 0 Å². The molecule has 3 N–H and O–H groups in total. The Morgan fingerprint density at radius 1 is 1.28 bits per heavy atom. The standard InChI is InChI=1S/C21H27ClFN5O/c1-27(2)15-8-11-6-13(7-12(11)9-15)19-18(20(24)28(3)26-19)21(29)25-14-4-5-17(23)16(22)10-14/h4-5,10-13,15H,6-9,24H2,1-3H3,(H,25,29). The normalized spacial score (nSPS) is 26.1. The monoisotopic (exact) mass is 419 g/mol. The van der Waals surface area contributed by atoms with Crippen LogP contribution in [0, 0.1) is 17.7 Å². The van der Waals surface area contributed by atoms with Crippen molar-refractivity contribution >= 4 is 29.0 Å². The largest absolute Gasteiger partial charge is 0.383 e. The van der Waals surface area contributed by atoms with E-state index in [0.717, 1.165) is 18.5 Å². The maximum atomic E-state index is 13.4. The van der Waals surface area contributed by atoms with Gasteiger partial charge >= 0.3 is 0 Å². The first-order valence-corrected chi connectivity index (χ1v) is 10.4. The molecule has 0 spiro atoms. The third-order valence-corrected chi connectivity index (χ3v) is 6.92. The van der Waals surface area contributed by atoms with Crippen LogP contribution in [-0.4, -0.2) is 40.7 Å². The minimum Gasteiger partial charge on any atom is -0.383 e. The maximum absolute atomic E-state index is 13.4. The predicted molar refractivity (Wildman–Crippen MR) is 113 cm³/mol. The van der Waals surface area contributed by atoms with E-state index >= 15 is 0 Å². The number of carbonyl (C=O) groups is 1. The van der Waals surface area contributed by atoms with Crippen molar-refractivity contribution in [1.82, 2.24) is 14.7 Å². The SMILES string of the molecule is CN(C)C1CC2CC(c3nn(C)c(N)c3C(=O)Nc3ccc(F)c(Cl)c3)CC2C1. The Morgan fingerprint density at radius 2 is 1.93 bits per heavy atom. The summed E-state index contributed by atoms with van der Waals surface area (Å²) < 4.78 is 15.0. The summed E-state index contributed by atoms with van der Waals surface area (Å²) in [5.41, 5.74) is 7.82. The van der Waals surface area contributed by atoms with Gasteiger partial charge in [0.1, 0.15) is 17.2 Å². The first kappa shape index (κ1) is 20.2. The van der Waals surface area contributed by atoms with E-state index in [2.05, 4.69) is 29.4 Å². The molecule has 4 rings (SSSR count). The van der Waals surface area contributed by atoms with Gasteiger partial charge in [-0.15, -0.1) is 0 Å². The number of nitrogen functional groups attached to an aromatic ring is 1. The second-order valence-corrected chi connectivity index (χ2v) is 9.04. The Balaban J connectivity index is 1.55. The number of fused-ring (bicyclic) bond motifs is 1. The number of halogens is 2. The van der Waals surface area contributed by atoms with E-state index in [1.54, 1.807) is 11.7 Å². The van der Waals surface area contributed by atoms with Gasteiger partial charge in [0, 0.05) is 24.7 Å². The average molecular weight is 420 g/mol. The number of nitrogens with two attached hydrogens (primary N) is 1. The Morgan fingerprint density at radius 3 is 2.52 bits per heavy atom. The molecule has 156 valence electrons. The molecule has 2 atom stereocenters. The van der Waals surface area contributed by atoms with Crippen LogP contribution in [0.3, 0.4) is 0 Å². The van der Waals surface area contributed by atoms with Crippen LogP contribution in [0.5, 0.6) is 0 Å². The Labute approximate surface area is 175 Å². The van der Waals surface area contributed by atoms with E-state index in [0.29, 0.717) is 34.9 Å². The summed E-state index contributed by atoms with van der Waals surface area (Å²) in [6.45, 7) is 0. The highest BCUT2D eigenvalue weighted by Crippen LogP contribution is 2.51. The highest BCUT2D eigenvalue weighted by molar-refractivity contribution is 6.31. The second kappa shape index (κ2) is 7.61. The summed E-state index contributed by atoms with van der Waals surface area (Å²) in [6, 6.07) is 4.74. The van der Waals surface area contributed by atoms with E-state index in [9.17, 15) is 9.18 Å². The van der Waals surface area contributed by atoms with E-state index in [4.69, 9.17) is 17.3 Å². The maximum Gasteiger partial charge on any atom is 0.261 e. The Kier molecular flexibility index (Phi) is 5.29. The van der Waals surface area contributed by atoms with Crippen molar-refractivity contribution in [3.8, 4) is 0 Å². The first-order valence-electron chi connectivity index (χ1n) is 9.99. The van der Waals surface area contributed by atoms with Crippen molar-refractivity contribution in [3.05, 3.63) is 40.3 Å². The number of benzene rings is 1. The van der Waals surface area contributed by atoms with Crippen molar-refractivity contribution in [3.63, 3.8) is 0 Å². The topological polar surface area (TPSA) is 76.2 Å². The van der Waals surface area contributed by atoms with Crippen LogP contribution in [-0.2, 0) is 7.05 Å². The first-order chi connectivity index (χ1) is 13.7. The molecule has 1 aromatic heterocycles. The lowest BCUT2D eigenvalue weighted by Crippen LogP contribution is -2.25. The minimum atomic E-state index is -0.528. The van der Waals surface area contributed by atoms with Gasteiger partial charge in [0.05, 0.1) is 10.7 Å². The molecule has 8 heteroatoms. The fraction of sp³-hybridized carbons (Fsp3) is 0.524. The highest BCUT2D eigenvalue weighted by Gasteiger charge is 2.44. The smallest absolute Gasteiger partial charge is 0.261 e. The zero-order valence-corrected chi connectivity index (χ0v) is 17.7. The third kappa shape index (κ3) is 3.73. The van der Waals surface area contributed by atoms with Gasteiger partial charge in [-0.25, -0.2) is 4.39 Å². The quantitative estimate of drug-likeness (QED) is 0.788. The molecule has 2 saturated carbocycles. The lowest BCUT2D eigenvalue weighted by molar-refractivity contribution is 0.102. The van der Waals surface area contributed by atoms with E-state index in [-0.39, 0.29) is 16.8 Å². The van der Waals surface area contributed by atoms with Crippen LogP contribution in [0.15, 0.2) is 18.2 Å². The summed E-state index contributed by atoms with van der Waals surface area (Å²) in [4.78, 5) is 15.3. The molecule has 2 aliphatic rings. The van der Waals surface area contributed by atoms with Gasteiger partial charge in [-0.05, 0) is 69.8 Å². The van der Waals surface area contributed by atoms with Crippen LogP contribution < -0.4 is 11.1 Å². The third-order valence-electron chi connectivity index (χ3n) is 6.63. The number of rotatable bonds is 4. The summed E-state index contributed by atoms with van der Waals surface area (Å²) in [7, 11) is 6.04. The molecule has 0 saturated heterocycles. The number of hydrogen-bond acceptors (Lipinski definition) is 4. The lowest BCUT2D eigenvalue weighted by atomic mass is 9.95. The van der Waals surface area contributed by atoms with Gasteiger partial charge in [0.25, 0.3) is 5.91 Å². The molecular weight excluding hydrogens is 393 g/mol. The minimum absolute atomic E-state index is 0.0405. The number of aryl methyl sites for hydroxylation is 1. The highest BCUT2D eigenvalue weighted by atomic mass is 35.5. The molecule has 0 bridgehead atoms. The van der Waals surface area contributed by atoms with Crippen LogP contribution >= 0.6 is 11.6 Å². The molecule has 1 aromatic carbocycles. The molecule has 0 aliphatic heterocycles. The summed E-state index contributed by atoms with van der Waals surface area (Å²) in [5, 5.41) is 7.35. The number of carbonyl (C=O) groups excluding carboxylic acids is 1. The van der Waals surface area contributed by atoms with Crippen LogP contribution in [0.2, 0.25) is 5.02 Å². The fourth-order valence-corrected chi connectivity index (χ4v) is 5.25. The Hall–Kier alpha value is -2.12. The van der Waals surface area contributed by atoms with Crippen LogP contribution in [0.1, 0.15) is 47.7 Å². The van der Waals surface area contributed by atoms with Crippen molar-refractivity contribution in [2.24, 2.45) is 18.9 Å². The molecule has 1 heterocycles. The number of hydrogen-bond donors (Lipinski definition) is 2. The van der Waals surface area contributed by atoms with Crippen molar-refractivity contribution in [2.75, 3.05) is 25.1 Å². The molecule has 29 heavy (non-hydrogen) atoms. The molecule has 2 aliphatic carbocycles. The molecule has 2 fully saturated rings. The lowest BCUT2D eigenvalue weighted by Gasteiger charge is -2.21. The molecular formula is C21H27ClFN5O. The average Bonchev–Trinajstić information content (AvgIpc) is 3.30. The summed E-state index contributed by atoms with van der Waals surface area (Å²) >= 11 is 5.83. The predicted octanol–water partition coefficient (Wildman–Crippen LogP) is 3.88. The van der Waals surface area contributed by atoms with Gasteiger partial charge < -0.3 is 16.0 Å². The molecule has 2 unspecified atom stereocenters. The number of nitrogens with one attached hydrogen (secondary N) is 1. The van der Waals surface area contributed by atoms with Gasteiger partial charge in [-0.2, -0.15) is 5.10 Å². The van der Waals surface area contributed by atoms with E-state index in [1.807, 2.05) is 0 Å². The van der Waals surface area contributed by atoms with E-state index in [1.165, 1.54) is 31.0 Å². The number of aromatic nitrogens is 2. The van der Waals surface area contributed by atoms with Gasteiger partial charge in [-0.1, -0.05) is 11.6 Å². The van der Waals surface area contributed by atoms with Crippen LogP contribution in [0.25, 0.3) is 0 Å². The molecule has 6 nitrogen and oxygen atoms in total. The van der Waals surface area contributed by atoms with E-state index < -0.39 is 5.82 Å². The zero-order valence-electron chi connectivity index (χ0n) is 17.0. The molecule has 2 aromatic rings. The van der Waals surface area contributed by atoms with Gasteiger partial charge in [0.15, 0.2) is 0 Å². The van der Waals surface area contributed by atoms with Crippen molar-refractivity contribution in [2.45, 2.75) is 37.6 Å². The second-order valence-electron chi connectivity index (χ2n) is 8.63. The molecule has 0 radical (unpaired) electrons. The molecule has 1 amide bonds. The summed E-state index contributed by atoms with van der Waals surface area (Å²) in [6.07, 6.45) is 4.47. The summed E-state index contributed by atoms with van der Waals surface area (Å²) in [5.74, 6) is 1.05. The fourth-order valence-electron chi connectivity index (χ4n) is 5.07.